The molecular weight excluding hydrogens is 322 g/mol. The smallest absolute Gasteiger partial charge is 0.237 e. The second-order valence-electron chi connectivity index (χ2n) is 5.12. The van der Waals surface area contributed by atoms with Crippen LogP contribution in [0.25, 0.3) is 0 Å². The van der Waals surface area contributed by atoms with Crippen molar-refractivity contribution in [1.29, 1.82) is 0 Å². The zero-order valence-electron chi connectivity index (χ0n) is 14.0. The van der Waals surface area contributed by atoms with Gasteiger partial charge >= 0.3 is 0 Å². The molecule has 1 N–H and O–H groups in total. The fourth-order valence-electron chi connectivity index (χ4n) is 2.02. The molecular formula is C19H23NO3S. The molecule has 0 saturated heterocycles. The van der Waals surface area contributed by atoms with E-state index < -0.39 is 0 Å². The first-order chi connectivity index (χ1) is 11.7. The molecule has 0 saturated carbocycles. The summed E-state index contributed by atoms with van der Waals surface area (Å²) in [7, 11) is 0. The van der Waals surface area contributed by atoms with Gasteiger partial charge in [-0.3, -0.25) is 4.79 Å². The highest BCUT2D eigenvalue weighted by Gasteiger charge is 2.13. The van der Waals surface area contributed by atoms with Gasteiger partial charge in [-0.2, -0.15) is 0 Å². The van der Waals surface area contributed by atoms with Crippen LogP contribution < -0.4 is 14.8 Å². The van der Waals surface area contributed by atoms with Gasteiger partial charge in [0.2, 0.25) is 5.91 Å². The second-order valence-corrected chi connectivity index (χ2v) is 6.57. The third kappa shape index (κ3) is 6.16. The van der Waals surface area contributed by atoms with E-state index in [4.69, 9.17) is 9.47 Å². The lowest BCUT2D eigenvalue weighted by atomic mass is 10.3. The van der Waals surface area contributed by atoms with Crippen LogP contribution in [0.2, 0.25) is 0 Å². The lowest BCUT2D eigenvalue weighted by molar-refractivity contribution is -0.115. The highest BCUT2D eigenvalue weighted by atomic mass is 32.2. The third-order valence-corrected chi connectivity index (χ3v) is 4.38. The fourth-order valence-corrected chi connectivity index (χ4v) is 2.77. The number of thioether (sulfide) groups is 1. The first-order valence-corrected chi connectivity index (χ1v) is 9.07. The van der Waals surface area contributed by atoms with Gasteiger partial charge in [0, 0.05) is 11.4 Å². The Morgan fingerprint density at radius 3 is 2.38 bits per heavy atom. The van der Waals surface area contributed by atoms with Crippen molar-refractivity contribution in [2.45, 2.75) is 19.1 Å². The average Bonchev–Trinajstić information content (AvgIpc) is 2.61. The van der Waals surface area contributed by atoms with Gasteiger partial charge in [0.25, 0.3) is 0 Å². The van der Waals surface area contributed by atoms with Crippen molar-refractivity contribution in [3.63, 3.8) is 0 Å². The number of nitrogens with one attached hydrogen (secondary N) is 1. The summed E-state index contributed by atoms with van der Waals surface area (Å²) in [6, 6.07) is 17.1. The number of hydrogen-bond acceptors (Lipinski definition) is 4. The molecule has 4 nitrogen and oxygen atoms in total. The molecule has 2 rings (SSSR count). The van der Waals surface area contributed by atoms with Crippen LogP contribution in [0.5, 0.6) is 11.5 Å². The minimum atomic E-state index is -0.143. The molecule has 0 heterocycles. The van der Waals surface area contributed by atoms with Crippen molar-refractivity contribution in [2.75, 3.05) is 24.3 Å². The highest BCUT2D eigenvalue weighted by Crippen LogP contribution is 2.18. The van der Waals surface area contributed by atoms with Crippen LogP contribution in [0, 0.1) is 0 Å². The van der Waals surface area contributed by atoms with E-state index in [2.05, 4.69) is 5.32 Å². The second kappa shape index (κ2) is 9.88. The molecule has 0 aliphatic rings. The normalized spacial score (nSPS) is 11.6. The van der Waals surface area contributed by atoms with Crippen molar-refractivity contribution in [2.24, 2.45) is 0 Å². The molecule has 0 bridgehead atoms. The highest BCUT2D eigenvalue weighted by molar-refractivity contribution is 8.00. The molecule has 0 aliphatic heterocycles. The molecule has 24 heavy (non-hydrogen) atoms. The lowest BCUT2D eigenvalue weighted by Crippen LogP contribution is -2.23. The van der Waals surface area contributed by atoms with Gasteiger partial charge in [-0.15, -0.1) is 11.8 Å². The van der Waals surface area contributed by atoms with Crippen LogP contribution in [-0.2, 0) is 4.79 Å². The topological polar surface area (TPSA) is 47.6 Å². The van der Waals surface area contributed by atoms with Gasteiger partial charge in [-0.25, -0.2) is 0 Å². The number of amides is 1. The number of carbonyl (C=O) groups is 1. The van der Waals surface area contributed by atoms with Crippen LogP contribution >= 0.6 is 11.8 Å². The molecule has 2 aromatic carbocycles. The van der Waals surface area contributed by atoms with Gasteiger partial charge in [0.15, 0.2) is 0 Å². The molecule has 0 aromatic heterocycles. The first-order valence-electron chi connectivity index (χ1n) is 8.02. The Hall–Kier alpha value is -2.14. The summed E-state index contributed by atoms with van der Waals surface area (Å²) in [5.41, 5.74) is 0.774. The molecule has 5 heteroatoms. The van der Waals surface area contributed by atoms with Gasteiger partial charge in [0.1, 0.15) is 11.5 Å². The number of anilines is 1. The van der Waals surface area contributed by atoms with Crippen LogP contribution in [0.4, 0.5) is 5.69 Å². The van der Waals surface area contributed by atoms with E-state index in [0.29, 0.717) is 13.2 Å². The van der Waals surface area contributed by atoms with E-state index in [0.717, 1.165) is 22.9 Å². The summed E-state index contributed by atoms with van der Waals surface area (Å²) in [5, 5.41) is 2.77. The Balaban J connectivity index is 1.69. The summed E-state index contributed by atoms with van der Waals surface area (Å²) >= 11 is 1.57. The zero-order valence-corrected chi connectivity index (χ0v) is 14.8. The summed E-state index contributed by atoms with van der Waals surface area (Å²) in [6.07, 6.45) is 0. The molecule has 0 spiro atoms. The number of hydrogen-bond donors (Lipinski definition) is 1. The van der Waals surface area contributed by atoms with Crippen molar-refractivity contribution in [3.05, 3.63) is 54.6 Å². The number of ether oxygens (including phenoxy) is 2. The Kier molecular flexibility index (Phi) is 7.49. The maximum absolute atomic E-state index is 12.2. The molecule has 128 valence electrons. The Bertz CT molecular complexity index is 616. The predicted octanol–water partition coefficient (Wildman–Crippen LogP) is 4.22. The maximum atomic E-state index is 12.2. The van der Waals surface area contributed by atoms with E-state index in [1.165, 1.54) is 0 Å². The number of rotatable bonds is 9. The summed E-state index contributed by atoms with van der Waals surface area (Å²) < 4.78 is 11.0. The van der Waals surface area contributed by atoms with E-state index >= 15 is 0 Å². The Morgan fingerprint density at radius 1 is 1.04 bits per heavy atom. The van der Waals surface area contributed by atoms with E-state index in [1.54, 1.807) is 11.8 Å². The van der Waals surface area contributed by atoms with Gasteiger partial charge in [0.05, 0.1) is 18.5 Å². The fraction of sp³-hybridized carbons (Fsp3) is 0.316. The van der Waals surface area contributed by atoms with E-state index in [1.807, 2.05) is 68.4 Å². The Morgan fingerprint density at radius 2 is 1.71 bits per heavy atom. The summed E-state index contributed by atoms with van der Waals surface area (Å²) in [4.78, 5) is 12.2. The minimum Gasteiger partial charge on any atom is -0.494 e. The summed E-state index contributed by atoms with van der Waals surface area (Å²) in [6.45, 7) is 5.05. The zero-order chi connectivity index (χ0) is 17.2. The quantitative estimate of drug-likeness (QED) is 0.691. The predicted molar refractivity (Wildman–Crippen MR) is 100 cm³/mol. The lowest BCUT2D eigenvalue weighted by Gasteiger charge is -2.13. The van der Waals surface area contributed by atoms with E-state index in [-0.39, 0.29) is 11.2 Å². The van der Waals surface area contributed by atoms with Crippen LogP contribution in [0.1, 0.15) is 13.8 Å². The van der Waals surface area contributed by atoms with E-state index in [9.17, 15) is 4.79 Å². The molecule has 0 fully saturated rings. The minimum absolute atomic E-state index is 0.0103. The maximum Gasteiger partial charge on any atom is 0.237 e. The molecule has 1 amide bonds. The van der Waals surface area contributed by atoms with Crippen molar-refractivity contribution in [1.82, 2.24) is 0 Å². The standard InChI is InChI=1S/C19H23NO3S/c1-3-22-18-11-9-16(10-12-18)20-19(21)15(2)24-14-13-23-17-7-5-4-6-8-17/h4-12,15H,3,13-14H2,1-2H3,(H,20,21). The average molecular weight is 345 g/mol. The van der Waals surface area contributed by atoms with Gasteiger partial charge in [-0.1, -0.05) is 18.2 Å². The van der Waals surface area contributed by atoms with Gasteiger partial charge in [-0.05, 0) is 50.2 Å². The molecule has 2 aromatic rings. The van der Waals surface area contributed by atoms with Crippen molar-refractivity contribution in [3.8, 4) is 11.5 Å². The molecule has 1 atom stereocenters. The largest absolute Gasteiger partial charge is 0.494 e. The van der Waals surface area contributed by atoms with Crippen LogP contribution in [0.3, 0.4) is 0 Å². The number of benzene rings is 2. The Labute approximate surface area is 147 Å². The first kappa shape index (κ1) is 18.2. The monoisotopic (exact) mass is 345 g/mol. The third-order valence-electron chi connectivity index (χ3n) is 3.27. The molecule has 1 unspecified atom stereocenters. The van der Waals surface area contributed by atoms with Crippen LogP contribution in [-0.4, -0.2) is 30.1 Å². The van der Waals surface area contributed by atoms with Crippen molar-refractivity contribution >= 4 is 23.4 Å². The molecule has 0 radical (unpaired) electrons. The molecule has 0 aliphatic carbocycles. The van der Waals surface area contributed by atoms with Gasteiger partial charge < -0.3 is 14.8 Å². The van der Waals surface area contributed by atoms with Crippen LogP contribution in [0.15, 0.2) is 54.6 Å². The number of carbonyl (C=O) groups excluding carboxylic acids is 1. The number of para-hydroxylation sites is 1. The SMILES string of the molecule is CCOc1ccc(NC(=O)C(C)SCCOc2ccccc2)cc1. The van der Waals surface area contributed by atoms with Crippen molar-refractivity contribution < 1.29 is 14.3 Å². The summed E-state index contributed by atoms with van der Waals surface area (Å²) in [5.74, 6) is 2.40.